The Labute approximate surface area is 164 Å². The summed E-state index contributed by atoms with van der Waals surface area (Å²) in [7, 11) is 0. The summed E-state index contributed by atoms with van der Waals surface area (Å²) in [5.74, 6) is 0.408. The van der Waals surface area contributed by atoms with Crippen LogP contribution in [0, 0.1) is 5.82 Å². The molecule has 3 aromatic heterocycles. The lowest BCUT2D eigenvalue weighted by atomic mass is 9.95. The van der Waals surface area contributed by atoms with Crippen molar-refractivity contribution in [2.75, 3.05) is 13.1 Å². The number of carbonyl (C=O) groups excluding carboxylic acids is 1. The van der Waals surface area contributed by atoms with Crippen molar-refractivity contribution in [2.45, 2.75) is 18.8 Å². The lowest BCUT2D eigenvalue weighted by molar-refractivity contribution is 0.0710. The van der Waals surface area contributed by atoms with Crippen molar-refractivity contribution < 1.29 is 9.18 Å². The summed E-state index contributed by atoms with van der Waals surface area (Å²) in [4.78, 5) is 14.9. The van der Waals surface area contributed by atoms with E-state index in [-0.39, 0.29) is 17.4 Å². The van der Waals surface area contributed by atoms with E-state index in [9.17, 15) is 9.18 Å². The molecule has 0 aliphatic carbocycles. The molecule has 1 fully saturated rings. The Kier molecular flexibility index (Phi) is 4.23. The van der Waals surface area contributed by atoms with Gasteiger partial charge in [0.2, 0.25) is 0 Å². The topological polar surface area (TPSA) is 94.1 Å². The van der Waals surface area contributed by atoms with Crippen LogP contribution in [0.5, 0.6) is 0 Å². The Morgan fingerprint density at radius 2 is 1.97 bits per heavy atom. The number of nitrogens with zero attached hydrogens (tertiary/aromatic N) is 8. The van der Waals surface area contributed by atoms with Gasteiger partial charge in [-0.15, -0.1) is 15.3 Å². The number of hydrogen-bond donors (Lipinski definition) is 0. The molecule has 0 unspecified atom stereocenters. The second-order valence-electron chi connectivity index (χ2n) is 6.97. The van der Waals surface area contributed by atoms with Crippen LogP contribution in [-0.4, -0.2) is 58.7 Å². The summed E-state index contributed by atoms with van der Waals surface area (Å²) in [6.07, 6.45) is 4.86. The predicted octanol–water partition coefficient (Wildman–Crippen LogP) is 1.86. The standard InChI is InChI=1S/C19H17FN8O/c20-14-4-5-16(28-12-21-24-25-28)15(11-14)19(29)26-9-6-13(7-10-26)18-23-22-17-3-1-2-8-27(17)18/h1-5,8,11-13H,6-7,9-10H2. The van der Waals surface area contributed by atoms with Gasteiger partial charge in [-0.05, 0) is 53.6 Å². The Hall–Kier alpha value is -3.69. The van der Waals surface area contributed by atoms with Crippen LogP contribution in [0.25, 0.3) is 11.3 Å². The summed E-state index contributed by atoms with van der Waals surface area (Å²) >= 11 is 0. The SMILES string of the molecule is O=C(c1cc(F)ccc1-n1cnnn1)N1CCC(c2nnc3ccccn23)CC1. The molecule has 0 spiro atoms. The smallest absolute Gasteiger partial charge is 0.256 e. The molecule has 1 amide bonds. The van der Waals surface area contributed by atoms with Gasteiger partial charge in [-0.2, -0.15) is 4.68 Å². The van der Waals surface area contributed by atoms with Crippen molar-refractivity contribution in [1.82, 2.24) is 39.7 Å². The molecule has 0 radical (unpaired) electrons. The molecule has 9 nitrogen and oxygen atoms in total. The molecule has 0 saturated carbocycles. The van der Waals surface area contributed by atoms with Crippen LogP contribution in [-0.2, 0) is 0 Å². The highest BCUT2D eigenvalue weighted by Gasteiger charge is 2.29. The van der Waals surface area contributed by atoms with Gasteiger partial charge in [0.05, 0.1) is 11.3 Å². The van der Waals surface area contributed by atoms with Gasteiger partial charge in [-0.1, -0.05) is 6.07 Å². The molecule has 146 valence electrons. The van der Waals surface area contributed by atoms with Crippen molar-refractivity contribution in [2.24, 2.45) is 0 Å². The van der Waals surface area contributed by atoms with Crippen LogP contribution < -0.4 is 0 Å². The van der Waals surface area contributed by atoms with Gasteiger partial charge in [0.25, 0.3) is 5.91 Å². The van der Waals surface area contributed by atoms with E-state index < -0.39 is 5.82 Å². The third kappa shape index (κ3) is 3.12. The van der Waals surface area contributed by atoms with Gasteiger partial charge in [0.15, 0.2) is 5.65 Å². The normalized spacial score (nSPS) is 15.1. The van der Waals surface area contributed by atoms with Crippen molar-refractivity contribution in [3.8, 4) is 5.69 Å². The number of aromatic nitrogens is 7. The van der Waals surface area contributed by atoms with E-state index in [4.69, 9.17) is 0 Å². The number of fused-ring (bicyclic) bond motifs is 1. The van der Waals surface area contributed by atoms with E-state index in [2.05, 4.69) is 25.7 Å². The summed E-state index contributed by atoms with van der Waals surface area (Å²) in [6, 6.07) is 9.82. The summed E-state index contributed by atoms with van der Waals surface area (Å²) in [6.45, 7) is 1.10. The van der Waals surface area contributed by atoms with Crippen LogP contribution in [0.15, 0.2) is 48.9 Å². The van der Waals surface area contributed by atoms with Crippen LogP contribution in [0.4, 0.5) is 4.39 Å². The lowest BCUT2D eigenvalue weighted by Gasteiger charge is -2.31. The van der Waals surface area contributed by atoms with Crippen molar-refractivity contribution in [1.29, 1.82) is 0 Å². The number of amides is 1. The zero-order valence-electron chi connectivity index (χ0n) is 15.4. The summed E-state index contributed by atoms with van der Waals surface area (Å²) in [5.41, 5.74) is 1.50. The zero-order valence-corrected chi connectivity index (χ0v) is 15.4. The number of tetrazole rings is 1. The molecule has 0 N–H and O–H groups in total. The number of benzene rings is 1. The van der Waals surface area contributed by atoms with E-state index in [0.717, 1.165) is 24.3 Å². The number of hydrogen-bond acceptors (Lipinski definition) is 6. The zero-order chi connectivity index (χ0) is 19.8. The molecule has 1 aromatic carbocycles. The fourth-order valence-corrected chi connectivity index (χ4v) is 3.80. The van der Waals surface area contributed by atoms with Gasteiger partial charge in [-0.3, -0.25) is 9.20 Å². The van der Waals surface area contributed by atoms with Crippen LogP contribution in [0.1, 0.15) is 34.9 Å². The Morgan fingerprint density at radius 3 is 2.76 bits per heavy atom. The molecular formula is C19H17FN8O. The van der Waals surface area contributed by atoms with Crippen LogP contribution in [0.2, 0.25) is 0 Å². The lowest BCUT2D eigenvalue weighted by Crippen LogP contribution is -2.38. The minimum absolute atomic E-state index is 0.211. The maximum atomic E-state index is 13.9. The Bertz CT molecular complexity index is 1160. The third-order valence-corrected chi connectivity index (χ3v) is 5.27. The first-order valence-corrected chi connectivity index (χ1v) is 9.32. The molecule has 1 aliphatic heterocycles. The monoisotopic (exact) mass is 392 g/mol. The van der Waals surface area contributed by atoms with E-state index in [1.165, 1.54) is 29.2 Å². The van der Waals surface area contributed by atoms with Gasteiger partial charge >= 0.3 is 0 Å². The van der Waals surface area contributed by atoms with Crippen LogP contribution >= 0.6 is 0 Å². The minimum Gasteiger partial charge on any atom is -0.339 e. The second-order valence-corrected chi connectivity index (χ2v) is 6.97. The molecule has 0 atom stereocenters. The number of pyridine rings is 1. The largest absolute Gasteiger partial charge is 0.339 e. The van der Waals surface area contributed by atoms with E-state index >= 15 is 0 Å². The molecule has 4 aromatic rings. The average molecular weight is 392 g/mol. The number of rotatable bonds is 3. The first kappa shape index (κ1) is 17.4. The highest BCUT2D eigenvalue weighted by atomic mass is 19.1. The Balaban J connectivity index is 1.36. The fraction of sp³-hybridized carbons (Fsp3) is 0.263. The predicted molar refractivity (Wildman–Crippen MR) is 100.0 cm³/mol. The maximum Gasteiger partial charge on any atom is 0.256 e. The molecule has 5 rings (SSSR count). The quantitative estimate of drug-likeness (QED) is 0.528. The number of piperidine rings is 1. The van der Waals surface area contributed by atoms with E-state index in [0.29, 0.717) is 18.8 Å². The van der Waals surface area contributed by atoms with Gasteiger partial charge in [-0.25, -0.2) is 4.39 Å². The maximum absolute atomic E-state index is 13.9. The van der Waals surface area contributed by atoms with Crippen molar-refractivity contribution >= 4 is 11.6 Å². The van der Waals surface area contributed by atoms with Crippen LogP contribution in [0.3, 0.4) is 0 Å². The first-order valence-electron chi connectivity index (χ1n) is 9.32. The van der Waals surface area contributed by atoms with Gasteiger partial charge in [0.1, 0.15) is 18.0 Å². The number of likely N-dealkylation sites (tertiary alicyclic amines) is 1. The number of halogens is 1. The van der Waals surface area contributed by atoms with Gasteiger partial charge < -0.3 is 4.90 Å². The number of carbonyl (C=O) groups is 1. The highest BCUT2D eigenvalue weighted by Crippen LogP contribution is 2.28. The summed E-state index contributed by atoms with van der Waals surface area (Å²) in [5, 5.41) is 19.6. The Morgan fingerprint density at radius 1 is 1.10 bits per heavy atom. The molecular weight excluding hydrogens is 375 g/mol. The van der Waals surface area contributed by atoms with Gasteiger partial charge in [0, 0.05) is 25.2 Å². The van der Waals surface area contributed by atoms with Crippen molar-refractivity contribution in [3.63, 3.8) is 0 Å². The molecule has 1 saturated heterocycles. The van der Waals surface area contributed by atoms with E-state index in [1.807, 2.05) is 28.8 Å². The molecule has 1 aliphatic rings. The molecule has 0 bridgehead atoms. The first-order chi connectivity index (χ1) is 14.2. The average Bonchev–Trinajstić information content (AvgIpc) is 3.43. The summed E-state index contributed by atoms with van der Waals surface area (Å²) < 4.78 is 17.2. The molecule has 29 heavy (non-hydrogen) atoms. The fourth-order valence-electron chi connectivity index (χ4n) is 3.80. The highest BCUT2D eigenvalue weighted by molar-refractivity contribution is 5.97. The van der Waals surface area contributed by atoms with E-state index in [1.54, 1.807) is 4.90 Å². The minimum atomic E-state index is -0.477. The third-order valence-electron chi connectivity index (χ3n) is 5.27. The molecule has 4 heterocycles. The second kappa shape index (κ2) is 7.04. The van der Waals surface area contributed by atoms with Crippen molar-refractivity contribution in [3.05, 3.63) is 66.1 Å². The molecule has 10 heteroatoms.